The van der Waals surface area contributed by atoms with Crippen LogP contribution in [0.3, 0.4) is 0 Å². The molecule has 0 atom stereocenters. The summed E-state index contributed by atoms with van der Waals surface area (Å²) in [5.74, 6) is 0.754. The summed E-state index contributed by atoms with van der Waals surface area (Å²) >= 11 is 0. The van der Waals surface area contributed by atoms with Gasteiger partial charge in [-0.25, -0.2) is 0 Å². The fourth-order valence-electron chi connectivity index (χ4n) is 0.557. The van der Waals surface area contributed by atoms with Crippen molar-refractivity contribution < 1.29 is 37.5 Å². The van der Waals surface area contributed by atoms with Gasteiger partial charge < -0.3 is 19.1 Å². The van der Waals surface area contributed by atoms with Gasteiger partial charge in [0.1, 0.15) is 5.78 Å². The molecule has 0 spiro atoms. The Kier molecular flexibility index (Phi) is 16.6. The molecule has 0 saturated heterocycles. The number of carbonyl (C=O) groups excluding carboxylic acids is 1. The molecule has 0 saturated carbocycles. The third kappa shape index (κ3) is 11.6. The summed E-state index contributed by atoms with van der Waals surface area (Å²) < 4.78 is 0. The molecule has 0 amide bonds. The summed E-state index contributed by atoms with van der Waals surface area (Å²) in [4.78, 5) is 10.6. The fourth-order valence-corrected chi connectivity index (χ4v) is 0.557. The molecule has 0 aliphatic rings. The number of ketones is 1. The Labute approximate surface area is 89.8 Å². The number of rotatable bonds is 3. The van der Waals surface area contributed by atoms with Crippen molar-refractivity contribution in [2.24, 2.45) is 5.92 Å². The molecular weight excluding hydrogens is 201 g/mol. The van der Waals surface area contributed by atoms with Crippen molar-refractivity contribution in [3.63, 3.8) is 0 Å². The van der Waals surface area contributed by atoms with Crippen LogP contribution < -0.4 is 0 Å². The molecule has 1 nitrogen and oxygen atoms in total. The van der Waals surface area contributed by atoms with Crippen molar-refractivity contribution >= 4 is 5.78 Å². The van der Waals surface area contributed by atoms with E-state index in [4.69, 9.17) is 0 Å². The van der Waals surface area contributed by atoms with Crippen LogP contribution in [0.4, 0.5) is 0 Å². The molecule has 0 heterocycles. The van der Waals surface area contributed by atoms with Crippen LogP contribution in [-0.2, 0) is 37.5 Å². The molecule has 1 radical (unpaired) electrons. The van der Waals surface area contributed by atoms with Crippen molar-refractivity contribution in [1.82, 2.24) is 0 Å². The van der Waals surface area contributed by atoms with Gasteiger partial charge in [-0.15, -0.1) is 6.42 Å². The maximum atomic E-state index is 10.6. The van der Waals surface area contributed by atoms with E-state index in [-0.39, 0.29) is 45.9 Å². The molecule has 0 fully saturated rings. The van der Waals surface area contributed by atoms with Gasteiger partial charge in [0.05, 0.1) is 0 Å². The zero-order valence-electron chi connectivity index (χ0n) is 7.18. The molecule has 0 aliphatic heterocycles. The van der Waals surface area contributed by atoms with Gasteiger partial charge in [0.15, 0.2) is 0 Å². The zero-order valence-corrected chi connectivity index (χ0v) is 10.0. The standard InChI is InChI=1S/C7H13O.CH3.Y/c1-4-7(8)5-6(2)3;;/h6H,1,4-5H2,2-3H3;1H3;/q2*-1;. The summed E-state index contributed by atoms with van der Waals surface area (Å²) in [5.41, 5.74) is 0. The molecule has 0 aromatic heterocycles. The number of hydrogen-bond donors (Lipinski definition) is 0. The van der Waals surface area contributed by atoms with Crippen LogP contribution in [0.25, 0.3) is 0 Å². The van der Waals surface area contributed by atoms with Crippen LogP contribution in [0.2, 0.25) is 0 Å². The predicted molar refractivity (Wildman–Crippen MR) is 40.9 cm³/mol. The summed E-state index contributed by atoms with van der Waals surface area (Å²) in [6.45, 7) is 7.56. The zero-order chi connectivity index (χ0) is 6.57. The quantitative estimate of drug-likeness (QED) is 0.663. The van der Waals surface area contributed by atoms with Crippen LogP contribution in [0.1, 0.15) is 26.7 Å². The van der Waals surface area contributed by atoms with E-state index in [2.05, 4.69) is 6.92 Å². The topological polar surface area (TPSA) is 17.1 Å². The van der Waals surface area contributed by atoms with Gasteiger partial charge in [0.25, 0.3) is 0 Å². The monoisotopic (exact) mass is 217 g/mol. The second-order valence-electron chi connectivity index (χ2n) is 2.39. The van der Waals surface area contributed by atoms with Crippen molar-refractivity contribution in [2.45, 2.75) is 26.7 Å². The first-order chi connectivity index (χ1) is 3.66. The van der Waals surface area contributed by atoms with Crippen LogP contribution in [-0.4, -0.2) is 5.78 Å². The number of hydrogen-bond acceptors (Lipinski definition) is 1. The minimum Gasteiger partial charge on any atom is -0.358 e. The van der Waals surface area contributed by atoms with E-state index in [9.17, 15) is 4.79 Å². The van der Waals surface area contributed by atoms with E-state index >= 15 is 0 Å². The smallest absolute Gasteiger partial charge is 0.103 e. The van der Waals surface area contributed by atoms with Crippen LogP contribution >= 0.6 is 0 Å². The molecular formula is C8H16OY-2. The van der Waals surface area contributed by atoms with E-state index < -0.39 is 0 Å². The second kappa shape index (κ2) is 9.77. The van der Waals surface area contributed by atoms with Gasteiger partial charge in [-0.1, -0.05) is 13.8 Å². The van der Waals surface area contributed by atoms with Gasteiger partial charge in [-0.3, -0.25) is 0 Å². The molecule has 0 aromatic carbocycles. The molecule has 0 aromatic rings. The maximum Gasteiger partial charge on any atom is 0.103 e. The normalized spacial score (nSPS) is 8.00. The SMILES string of the molecule is [CH2-]CC(=O)CC(C)C.[CH3-].[Y]. The Morgan fingerprint density at radius 1 is 1.50 bits per heavy atom. The fraction of sp³-hybridized carbons (Fsp3) is 0.625. The van der Waals surface area contributed by atoms with Crippen molar-refractivity contribution in [2.75, 3.05) is 0 Å². The molecule has 0 unspecified atom stereocenters. The summed E-state index contributed by atoms with van der Waals surface area (Å²) in [6, 6.07) is 0. The molecule has 2 heteroatoms. The summed E-state index contributed by atoms with van der Waals surface area (Å²) in [5, 5.41) is 0. The molecule has 10 heavy (non-hydrogen) atoms. The predicted octanol–water partition coefficient (Wildman–Crippen LogP) is 2.27. The van der Waals surface area contributed by atoms with Crippen molar-refractivity contribution in [1.29, 1.82) is 0 Å². The van der Waals surface area contributed by atoms with E-state index in [1.54, 1.807) is 0 Å². The van der Waals surface area contributed by atoms with E-state index in [0.29, 0.717) is 18.8 Å². The van der Waals surface area contributed by atoms with Gasteiger partial charge in [0.2, 0.25) is 0 Å². The van der Waals surface area contributed by atoms with E-state index in [1.165, 1.54) is 0 Å². The van der Waals surface area contributed by atoms with E-state index in [0.717, 1.165) is 0 Å². The summed E-state index contributed by atoms with van der Waals surface area (Å²) in [7, 11) is 0. The average molecular weight is 217 g/mol. The van der Waals surface area contributed by atoms with Crippen molar-refractivity contribution in [3.05, 3.63) is 14.4 Å². The molecule has 0 aliphatic carbocycles. The van der Waals surface area contributed by atoms with Gasteiger partial charge in [0, 0.05) is 39.1 Å². The first kappa shape index (κ1) is 17.0. The first-order valence-corrected chi connectivity index (χ1v) is 2.97. The second-order valence-corrected chi connectivity index (χ2v) is 2.39. The van der Waals surface area contributed by atoms with Crippen LogP contribution in [0, 0.1) is 20.3 Å². The average Bonchev–Trinajstić information content (AvgIpc) is 1.65. The minimum atomic E-state index is 0. The third-order valence-corrected chi connectivity index (χ3v) is 0.915. The summed E-state index contributed by atoms with van der Waals surface area (Å²) in [6.07, 6.45) is 1.13. The number of Topliss-reactive ketones (excluding diaryl/α,β-unsaturated/α-hetero) is 1. The largest absolute Gasteiger partial charge is 0.358 e. The first-order valence-electron chi connectivity index (χ1n) is 2.97. The van der Waals surface area contributed by atoms with Gasteiger partial charge in [-0.2, -0.15) is 0 Å². The Hall–Kier alpha value is 0.774. The Balaban J connectivity index is -0.000000245. The van der Waals surface area contributed by atoms with Gasteiger partial charge >= 0.3 is 0 Å². The van der Waals surface area contributed by atoms with Crippen LogP contribution in [0.5, 0.6) is 0 Å². The third-order valence-electron chi connectivity index (χ3n) is 0.915. The van der Waals surface area contributed by atoms with Crippen LogP contribution in [0.15, 0.2) is 0 Å². The molecule has 0 bridgehead atoms. The molecule has 0 N–H and O–H groups in total. The Morgan fingerprint density at radius 3 is 2.00 bits per heavy atom. The maximum absolute atomic E-state index is 10.6. The number of carbonyl (C=O) groups is 1. The molecule has 59 valence electrons. The Morgan fingerprint density at radius 2 is 1.90 bits per heavy atom. The minimum absolute atomic E-state index is 0. The van der Waals surface area contributed by atoms with Crippen molar-refractivity contribution in [3.8, 4) is 0 Å². The van der Waals surface area contributed by atoms with Gasteiger partial charge in [-0.05, 0) is 5.92 Å². The Bertz CT molecular complexity index is 79.3. The molecule has 0 rings (SSSR count). The van der Waals surface area contributed by atoms with E-state index in [1.807, 2.05) is 13.8 Å².